The van der Waals surface area contributed by atoms with E-state index in [2.05, 4.69) is 4.72 Å². The van der Waals surface area contributed by atoms with E-state index in [1.807, 2.05) is 32.9 Å². The number of hydrogen-bond acceptors (Lipinski definition) is 3. The lowest BCUT2D eigenvalue weighted by atomic mass is 10.1. The van der Waals surface area contributed by atoms with Crippen LogP contribution in [0.1, 0.15) is 42.9 Å². The summed E-state index contributed by atoms with van der Waals surface area (Å²) in [6.07, 6.45) is 1.80. The summed E-state index contributed by atoms with van der Waals surface area (Å²) < 4.78 is 26.5. The number of benzene rings is 1. The Kier molecular flexibility index (Phi) is 6.36. The topological polar surface area (TPSA) is 83.5 Å². The molecule has 0 fully saturated rings. The van der Waals surface area contributed by atoms with E-state index in [-0.39, 0.29) is 5.75 Å². The maximum absolute atomic E-state index is 12.1. The summed E-state index contributed by atoms with van der Waals surface area (Å²) in [4.78, 5) is 11.1. The van der Waals surface area contributed by atoms with Gasteiger partial charge < -0.3 is 5.11 Å². The molecular formula is C15H23NO4S. The van der Waals surface area contributed by atoms with Gasteiger partial charge >= 0.3 is 5.97 Å². The Hall–Kier alpha value is -1.40. The molecule has 0 spiro atoms. The second kappa shape index (κ2) is 7.56. The number of sulfonamides is 1. The van der Waals surface area contributed by atoms with E-state index >= 15 is 0 Å². The van der Waals surface area contributed by atoms with Gasteiger partial charge in [-0.1, -0.05) is 38.0 Å². The van der Waals surface area contributed by atoms with Gasteiger partial charge in [0.05, 0.1) is 5.75 Å². The summed E-state index contributed by atoms with van der Waals surface area (Å²) in [6.45, 7) is 5.81. The Morgan fingerprint density at radius 2 is 1.95 bits per heavy atom. The molecular weight excluding hydrogens is 290 g/mol. The Bertz CT molecular complexity index is 596. The van der Waals surface area contributed by atoms with Crippen molar-refractivity contribution in [3.63, 3.8) is 0 Å². The van der Waals surface area contributed by atoms with E-state index in [0.717, 1.165) is 17.5 Å². The van der Waals surface area contributed by atoms with Gasteiger partial charge in [-0.3, -0.25) is 4.79 Å². The van der Waals surface area contributed by atoms with Crippen molar-refractivity contribution in [3.8, 4) is 0 Å². The van der Waals surface area contributed by atoms with E-state index in [4.69, 9.17) is 5.11 Å². The third kappa shape index (κ3) is 5.85. The second-order valence-electron chi connectivity index (χ2n) is 5.33. The van der Waals surface area contributed by atoms with Crippen LogP contribution in [-0.2, 0) is 20.6 Å². The van der Waals surface area contributed by atoms with Gasteiger partial charge in [0.2, 0.25) is 10.0 Å². The Morgan fingerprint density at radius 1 is 1.29 bits per heavy atom. The van der Waals surface area contributed by atoms with E-state index < -0.39 is 22.0 Å². The van der Waals surface area contributed by atoms with E-state index in [1.165, 1.54) is 0 Å². The maximum atomic E-state index is 12.1. The molecule has 118 valence electrons. The molecule has 6 heteroatoms. The van der Waals surface area contributed by atoms with Crippen LogP contribution >= 0.6 is 0 Å². The summed E-state index contributed by atoms with van der Waals surface area (Å²) in [5, 5.41) is 9.08. The largest absolute Gasteiger partial charge is 0.480 e. The van der Waals surface area contributed by atoms with Crippen molar-refractivity contribution < 1.29 is 18.3 Å². The zero-order chi connectivity index (χ0) is 16.0. The van der Waals surface area contributed by atoms with Crippen molar-refractivity contribution in [1.82, 2.24) is 4.72 Å². The van der Waals surface area contributed by atoms with Gasteiger partial charge in [-0.05, 0) is 37.0 Å². The lowest BCUT2D eigenvalue weighted by molar-refractivity contribution is -0.139. The van der Waals surface area contributed by atoms with Crippen molar-refractivity contribution in [1.29, 1.82) is 0 Å². The number of unbranched alkanes of at least 4 members (excludes halogenated alkanes) is 1. The molecule has 0 saturated heterocycles. The average molecular weight is 313 g/mol. The summed E-state index contributed by atoms with van der Waals surface area (Å²) >= 11 is 0. The minimum atomic E-state index is -3.67. The molecule has 1 atom stereocenters. The van der Waals surface area contributed by atoms with E-state index in [9.17, 15) is 13.2 Å². The number of carboxylic acid groups (broad SMARTS) is 1. The van der Waals surface area contributed by atoms with E-state index in [0.29, 0.717) is 18.4 Å². The first-order chi connectivity index (χ1) is 9.75. The monoisotopic (exact) mass is 313 g/mol. The predicted octanol–water partition coefficient (Wildman–Crippen LogP) is 2.37. The van der Waals surface area contributed by atoms with Gasteiger partial charge in [-0.15, -0.1) is 0 Å². The Labute approximate surface area is 126 Å². The van der Waals surface area contributed by atoms with E-state index in [1.54, 1.807) is 6.07 Å². The number of aryl methyl sites for hydroxylation is 2. The van der Waals surface area contributed by atoms with Crippen LogP contribution in [0.4, 0.5) is 0 Å². The van der Waals surface area contributed by atoms with Gasteiger partial charge in [0.1, 0.15) is 6.04 Å². The molecule has 1 aromatic rings. The number of rotatable bonds is 8. The number of hydrogen-bond donors (Lipinski definition) is 2. The minimum absolute atomic E-state index is 0.204. The molecule has 1 rings (SSSR count). The molecule has 0 radical (unpaired) electrons. The molecule has 0 aliphatic heterocycles. The molecule has 1 aromatic carbocycles. The van der Waals surface area contributed by atoms with Crippen LogP contribution in [0.25, 0.3) is 0 Å². The minimum Gasteiger partial charge on any atom is -0.480 e. The van der Waals surface area contributed by atoms with Crippen LogP contribution < -0.4 is 4.72 Å². The molecule has 0 aliphatic rings. The van der Waals surface area contributed by atoms with Gasteiger partial charge in [-0.2, -0.15) is 0 Å². The lowest BCUT2D eigenvalue weighted by Gasteiger charge is -2.14. The highest BCUT2D eigenvalue weighted by Crippen LogP contribution is 2.13. The first-order valence-electron chi connectivity index (χ1n) is 7.04. The average Bonchev–Trinajstić information content (AvgIpc) is 2.38. The number of carbonyl (C=O) groups is 1. The standard InChI is InChI=1S/C15H23NO4S/c1-4-5-6-14(15(17)18)16-21(19,20)10-13-8-7-11(2)12(3)9-13/h7-9,14,16H,4-6,10H2,1-3H3,(H,17,18). The van der Waals surface area contributed by atoms with Crippen molar-refractivity contribution in [2.75, 3.05) is 0 Å². The van der Waals surface area contributed by atoms with Gasteiger partial charge in [0.15, 0.2) is 0 Å². The maximum Gasteiger partial charge on any atom is 0.321 e. The van der Waals surface area contributed by atoms with Gasteiger partial charge in [0, 0.05) is 0 Å². The molecule has 0 bridgehead atoms. The molecule has 2 N–H and O–H groups in total. The number of aliphatic carboxylic acids is 1. The van der Waals surface area contributed by atoms with Crippen LogP contribution in [0.2, 0.25) is 0 Å². The highest BCUT2D eigenvalue weighted by Gasteiger charge is 2.23. The summed E-state index contributed by atoms with van der Waals surface area (Å²) in [5.41, 5.74) is 2.77. The van der Waals surface area contributed by atoms with Crippen LogP contribution in [0.15, 0.2) is 18.2 Å². The number of nitrogens with one attached hydrogen (secondary N) is 1. The molecule has 0 saturated carbocycles. The third-order valence-electron chi connectivity index (χ3n) is 3.39. The molecule has 1 unspecified atom stereocenters. The molecule has 21 heavy (non-hydrogen) atoms. The fraction of sp³-hybridized carbons (Fsp3) is 0.533. The molecule has 0 aliphatic carbocycles. The zero-order valence-corrected chi connectivity index (χ0v) is 13.5. The lowest BCUT2D eigenvalue weighted by Crippen LogP contribution is -2.41. The second-order valence-corrected chi connectivity index (χ2v) is 7.08. The van der Waals surface area contributed by atoms with Crippen LogP contribution in [-0.4, -0.2) is 25.5 Å². The summed E-state index contributed by atoms with van der Waals surface area (Å²) in [7, 11) is -3.67. The normalized spacial score (nSPS) is 13.1. The van der Waals surface area contributed by atoms with Crippen molar-refractivity contribution >= 4 is 16.0 Å². The van der Waals surface area contributed by atoms with Crippen molar-refractivity contribution in [2.45, 2.75) is 51.8 Å². The molecule has 0 heterocycles. The first kappa shape index (κ1) is 17.7. The summed E-state index contributed by atoms with van der Waals surface area (Å²) in [5.74, 6) is -1.34. The smallest absolute Gasteiger partial charge is 0.321 e. The highest BCUT2D eigenvalue weighted by molar-refractivity contribution is 7.88. The molecule has 5 nitrogen and oxygen atoms in total. The fourth-order valence-electron chi connectivity index (χ4n) is 2.01. The quantitative estimate of drug-likeness (QED) is 0.772. The molecule has 0 aromatic heterocycles. The molecule has 0 amide bonds. The van der Waals surface area contributed by atoms with Crippen LogP contribution in [0.3, 0.4) is 0 Å². The zero-order valence-electron chi connectivity index (χ0n) is 12.7. The first-order valence-corrected chi connectivity index (χ1v) is 8.69. The van der Waals surface area contributed by atoms with Gasteiger partial charge in [-0.25, -0.2) is 13.1 Å². The Balaban J connectivity index is 2.79. The van der Waals surface area contributed by atoms with Crippen LogP contribution in [0, 0.1) is 13.8 Å². The summed E-state index contributed by atoms with van der Waals surface area (Å²) in [6, 6.07) is 4.38. The van der Waals surface area contributed by atoms with Crippen molar-refractivity contribution in [2.24, 2.45) is 0 Å². The number of carboxylic acids is 1. The third-order valence-corrected chi connectivity index (χ3v) is 4.75. The SMILES string of the molecule is CCCCC(NS(=O)(=O)Cc1ccc(C)c(C)c1)C(=O)O. The predicted molar refractivity (Wildman–Crippen MR) is 82.6 cm³/mol. The fourth-order valence-corrected chi connectivity index (χ4v) is 3.37. The van der Waals surface area contributed by atoms with Crippen molar-refractivity contribution in [3.05, 3.63) is 34.9 Å². The van der Waals surface area contributed by atoms with Crippen LogP contribution in [0.5, 0.6) is 0 Å². The Morgan fingerprint density at radius 3 is 2.48 bits per heavy atom. The highest BCUT2D eigenvalue weighted by atomic mass is 32.2. The van der Waals surface area contributed by atoms with Gasteiger partial charge in [0.25, 0.3) is 0 Å².